The Morgan fingerprint density at radius 1 is 0.909 bits per heavy atom. The molecule has 0 spiro atoms. The Labute approximate surface area is 196 Å². The molecule has 1 aliphatic heterocycles. The third-order valence-electron chi connectivity index (χ3n) is 6.67. The quantitative estimate of drug-likeness (QED) is 0.494. The normalized spacial score (nSPS) is 14.9. The van der Waals surface area contributed by atoms with Gasteiger partial charge >= 0.3 is 0 Å². The van der Waals surface area contributed by atoms with Gasteiger partial charge in [0.2, 0.25) is 5.91 Å². The zero-order valence-electron chi connectivity index (χ0n) is 19.8. The van der Waals surface area contributed by atoms with Crippen LogP contribution in [0.1, 0.15) is 52.1 Å². The molecule has 172 valence electrons. The first-order chi connectivity index (χ1) is 15.9. The molecule has 0 saturated carbocycles. The summed E-state index contributed by atoms with van der Waals surface area (Å²) in [6, 6.07) is 19.8. The van der Waals surface area contributed by atoms with Gasteiger partial charge in [-0.1, -0.05) is 54.1 Å². The number of hydrogen-bond acceptors (Lipinski definition) is 2. The smallest absolute Gasteiger partial charge is 0.238 e. The van der Waals surface area contributed by atoms with Gasteiger partial charge in [-0.2, -0.15) is 0 Å². The van der Waals surface area contributed by atoms with Crippen LogP contribution in [0.5, 0.6) is 0 Å². The number of anilines is 1. The highest BCUT2D eigenvalue weighted by molar-refractivity contribution is 5.93. The molecule has 0 aromatic heterocycles. The van der Waals surface area contributed by atoms with E-state index in [-0.39, 0.29) is 11.7 Å². The Morgan fingerprint density at radius 3 is 2.03 bits per heavy atom. The summed E-state index contributed by atoms with van der Waals surface area (Å²) in [5.41, 5.74) is 8.11. The van der Waals surface area contributed by atoms with Crippen molar-refractivity contribution in [2.24, 2.45) is 0 Å². The first kappa shape index (κ1) is 23.2. The number of benzene rings is 3. The van der Waals surface area contributed by atoms with Gasteiger partial charge in [0, 0.05) is 5.69 Å². The highest BCUT2D eigenvalue weighted by Gasteiger charge is 2.22. The summed E-state index contributed by atoms with van der Waals surface area (Å²) in [7, 11) is 0. The first-order valence-corrected chi connectivity index (χ1v) is 11.8. The van der Waals surface area contributed by atoms with E-state index in [2.05, 4.69) is 53.5 Å². The number of carbonyl (C=O) groups excluding carboxylic acids is 1. The van der Waals surface area contributed by atoms with Crippen LogP contribution in [0.3, 0.4) is 0 Å². The van der Waals surface area contributed by atoms with Crippen molar-refractivity contribution in [2.75, 3.05) is 25.0 Å². The molecule has 4 rings (SSSR count). The van der Waals surface area contributed by atoms with Crippen molar-refractivity contribution >= 4 is 11.6 Å². The van der Waals surface area contributed by atoms with Gasteiger partial charge in [0.1, 0.15) is 5.82 Å². The Kier molecular flexibility index (Phi) is 7.24. The van der Waals surface area contributed by atoms with Crippen molar-refractivity contribution in [1.82, 2.24) is 4.90 Å². The molecular weight excluding hydrogens is 411 g/mol. The van der Waals surface area contributed by atoms with Crippen LogP contribution in [-0.4, -0.2) is 30.4 Å². The molecule has 0 radical (unpaired) electrons. The molecule has 1 aliphatic rings. The van der Waals surface area contributed by atoms with Crippen LogP contribution >= 0.6 is 0 Å². The summed E-state index contributed by atoms with van der Waals surface area (Å²) in [4.78, 5) is 14.9. The fraction of sp³-hybridized carbons (Fsp3) is 0.345. The summed E-state index contributed by atoms with van der Waals surface area (Å²) >= 11 is 0. The van der Waals surface area contributed by atoms with Gasteiger partial charge in [-0.05, 0) is 99.0 Å². The Balaban J connectivity index is 1.27. The maximum Gasteiger partial charge on any atom is 0.238 e. The second-order valence-corrected chi connectivity index (χ2v) is 9.42. The standard InChI is InChI=1S/C29H33FN2O/c1-20-16-21(2)29(22(3)17-20)31-28(33)19-32-14-12-26(13-15-32)25-8-4-23(5-9-25)18-24-6-10-27(30)11-7-24/h4-11,16-17,26H,12-15,18-19H2,1-3H3,(H,31,33). The Hall–Kier alpha value is -2.98. The van der Waals surface area contributed by atoms with Gasteiger partial charge in [-0.3, -0.25) is 9.69 Å². The van der Waals surface area contributed by atoms with Gasteiger partial charge in [0.15, 0.2) is 0 Å². The van der Waals surface area contributed by atoms with Crippen LogP contribution in [0.15, 0.2) is 60.7 Å². The molecule has 0 bridgehead atoms. The van der Waals surface area contributed by atoms with Crippen LogP contribution in [-0.2, 0) is 11.2 Å². The average Bonchev–Trinajstić information content (AvgIpc) is 2.79. The zero-order chi connectivity index (χ0) is 23.4. The van der Waals surface area contributed by atoms with Gasteiger partial charge in [-0.15, -0.1) is 0 Å². The van der Waals surface area contributed by atoms with Gasteiger partial charge in [0.25, 0.3) is 0 Å². The summed E-state index contributed by atoms with van der Waals surface area (Å²) in [6.07, 6.45) is 2.94. The highest BCUT2D eigenvalue weighted by Crippen LogP contribution is 2.29. The highest BCUT2D eigenvalue weighted by atomic mass is 19.1. The van der Waals surface area contributed by atoms with Crippen LogP contribution < -0.4 is 5.32 Å². The topological polar surface area (TPSA) is 32.3 Å². The molecule has 33 heavy (non-hydrogen) atoms. The van der Waals surface area contributed by atoms with E-state index in [4.69, 9.17) is 0 Å². The summed E-state index contributed by atoms with van der Waals surface area (Å²) in [6.45, 7) is 8.48. The fourth-order valence-corrected chi connectivity index (χ4v) is 4.93. The summed E-state index contributed by atoms with van der Waals surface area (Å²) in [5.74, 6) is 0.401. The predicted molar refractivity (Wildman–Crippen MR) is 133 cm³/mol. The Morgan fingerprint density at radius 2 is 1.45 bits per heavy atom. The fourth-order valence-electron chi connectivity index (χ4n) is 4.93. The van der Waals surface area contributed by atoms with E-state index in [0.29, 0.717) is 12.5 Å². The van der Waals surface area contributed by atoms with Crippen LogP contribution in [0, 0.1) is 26.6 Å². The molecule has 3 aromatic rings. The van der Waals surface area contributed by atoms with Gasteiger partial charge < -0.3 is 5.32 Å². The number of likely N-dealkylation sites (tertiary alicyclic amines) is 1. The van der Waals surface area contributed by atoms with E-state index in [9.17, 15) is 9.18 Å². The molecule has 1 fully saturated rings. The number of rotatable bonds is 6. The van der Waals surface area contributed by atoms with E-state index < -0.39 is 0 Å². The van der Waals surface area contributed by atoms with Crippen molar-refractivity contribution in [1.29, 1.82) is 0 Å². The minimum Gasteiger partial charge on any atom is -0.324 e. The van der Waals surface area contributed by atoms with Gasteiger partial charge in [0.05, 0.1) is 6.54 Å². The molecule has 0 atom stereocenters. The van der Waals surface area contributed by atoms with Crippen molar-refractivity contribution in [3.05, 3.63) is 99.9 Å². The summed E-state index contributed by atoms with van der Waals surface area (Å²) in [5, 5.41) is 3.12. The number of amides is 1. The van der Waals surface area contributed by atoms with Gasteiger partial charge in [-0.25, -0.2) is 4.39 Å². The molecule has 1 N–H and O–H groups in total. The molecule has 3 aromatic carbocycles. The molecule has 0 aliphatic carbocycles. The minimum atomic E-state index is -0.196. The maximum absolute atomic E-state index is 13.1. The molecular formula is C29H33FN2O. The zero-order valence-corrected chi connectivity index (χ0v) is 19.8. The van der Waals surface area contributed by atoms with Crippen molar-refractivity contribution < 1.29 is 9.18 Å². The number of hydrogen-bond donors (Lipinski definition) is 1. The molecule has 1 amide bonds. The average molecular weight is 445 g/mol. The lowest BCUT2D eigenvalue weighted by Crippen LogP contribution is -2.38. The monoisotopic (exact) mass is 444 g/mol. The molecule has 3 nitrogen and oxygen atoms in total. The number of nitrogens with zero attached hydrogens (tertiary/aromatic N) is 1. The third kappa shape index (κ3) is 6.08. The number of nitrogens with one attached hydrogen (secondary N) is 1. The minimum absolute atomic E-state index is 0.0636. The second-order valence-electron chi connectivity index (χ2n) is 9.42. The van der Waals surface area contributed by atoms with E-state index in [1.165, 1.54) is 28.8 Å². The van der Waals surface area contributed by atoms with E-state index >= 15 is 0 Å². The molecule has 0 unspecified atom stereocenters. The number of halogens is 1. The van der Waals surface area contributed by atoms with E-state index in [1.54, 1.807) is 0 Å². The van der Waals surface area contributed by atoms with Crippen LogP contribution in [0.4, 0.5) is 10.1 Å². The number of piperidine rings is 1. The maximum atomic E-state index is 13.1. The van der Waals surface area contributed by atoms with Crippen molar-refractivity contribution in [2.45, 2.75) is 46.0 Å². The van der Waals surface area contributed by atoms with Crippen LogP contribution in [0.25, 0.3) is 0 Å². The first-order valence-electron chi connectivity index (χ1n) is 11.8. The number of carbonyl (C=O) groups is 1. The second kappa shape index (κ2) is 10.3. The lowest BCUT2D eigenvalue weighted by atomic mass is 9.88. The lowest BCUT2D eigenvalue weighted by Gasteiger charge is -2.32. The molecule has 4 heteroatoms. The van der Waals surface area contributed by atoms with Crippen LogP contribution in [0.2, 0.25) is 0 Å². The molecule has 1 saturated heterocycles. The van der Waals surface area contributed by atoms with Crippen molar-refractivity contribution in [3.8, 4) is 0 Å². The van der Waals surface area contributed by atoms with E-state index in [0.717, 1.165) is 54.7 Å². The lowest BCUT2D eigenvalue weighted by molar-refractivity contribution is -0.117. The number of aryl methyl sites for hydroxylation is 3. The predicted octanol–water partition coefficient (Wildman–Crippen LogP) is 6.16. The van der Waals surface area contributed by atoms with Crippen molar-refractivity contribution in [3.63, 3.8) is 0 Å². The SMILES string of the molecule is Cc1cc(C)c(NC(=O)CN2CCC(c3ccc(Cc4ccc(F)cc4)cc3)CC2)c(C)c1. The summed E-state index contributed by atoms with van der Waals surface area (Å²) < 4.78 is 13.1. The third-order valence-corrected chi connectivity index (χ3v) is 6.67. The van der Waals surface area contributed by atoms with E-state index in [1.807, 2.05) is 26.0 Å². The largest absolute Gasteiger partial charge is 0.324 e. The Bertz CT molecular complexity index is 1070. The molecule has 1 heterocycles.